The average Bonchev–Trinajstić information content (AvgIpc) is 3.09. The Labute approximate surface area is 180 Å². The van der Waals surface area contributed by atoms with E-state index in [2.05, 4.69) is 6.07 Å². The SMILES string of the molecule is CC(C)(O)C(=O)N1CCC2(C1)CC2(Cc1ccccc1F)c1ccc(C#N)c(Cl)c1. The van der Waals surface area contributed by atoms with Crippen LogP contribution in [0, 0.1) is 22.6 Å². The first kappa shape index (κ1) is 20.8. The summed E-state index contributed by atoms with van der Waals surface area (Å²) < 4.78 is 14.5. The molecule has 2 aromatic carbocycles. The van der Waals surface area contributed by atoms with E-state index in [1.54, 1.807) is 23.1 Å². The summed E-state index contributed by atoms with van der Waals surface area (Å²) in [6.07, 6.45) is 2.07. The molecule has 2 aliphatic rings. The molecule has 4 nitrogen and oxygen atoms in total. The maximum Gasteiger partial charge on any atom is 0.253 e. The minimum atomic E-state index is -1.42. The number of aliphatic hydroxyl groups is 1. The molecule has 2 fully saturated rings. The zero-order chi connectivity index (χ0) is 21.7. The second-order valence-corrected chi connectivity index (χ2v) is 9.56. The van der Waals surface area contributed by atoms with E-state index < -0.39 is 5.60 Å². The zero-order valence-electron chi connectivity index (χ0n) is 17.1. The van der Waals surface area contributed by atoms with Gasteiger partial charge < -0.3 is 10.0 Å². The number of hydrogen-bond donors (Lipinski definition) is 1. The molecule has 1 spiro atoms. The van der Waals surface area contributed by atoms with Crippen molar-refractivity contribution < 1.29 is 14.3 Å². The summed E-state index contributed by atoms with van der Waals surface area (Å²) in [7, 11) is 0. The molecule has 0 aromatic heterocycles. The summed E-state index contributed by atoms with van der Waals surface area (Å²) >= 11 is 6.34. The van der Waals surface area contributed by atoms with E-state index in [0.717, 1.165) is 18.4 Å². The summed E-state index contributed by atoms with van der Waals surface area (Å²) in [5, 5.41) is 19.8. The molecule has 1 aliphatic carbocycles. The van der Waals surface area contributed by atoms with Crippen molar-refractivity contribution in [3.05, 3.63) is 70.0 Å². The van der Waals surface area contributed by atoms with Gasteiger partial charge in [-0.25, -0.2) is 4.39 Å². The van der Waals surface area contributed by atoms with Crippen LogP contribution in [0.4, 0.5) is 4.39 Å². The normalized spacial score (nSPS) is 25.4. The first-order valence-corrected chi connectivity index (χ1v) is 10.5. The number of likely N-dealkylation sites (tertiary alicyclic amines) is 1. The highest BCUT2D eigenvalue weighted by molar-refractivity contribution is 6.31. The molecule has 0 bridgehead atoms. The van der Waals surface area contributed by atoms with E-state index >= 15 is 0 Å². The molecule has 1 amide bonds. The molecule has 1 saturated heterocycles. The second-order valence-electron chi connectivity index (χ2n) is 9.15. The number of carbonyl (C=O) groups is 1. The highest BCUT2D eigenvalue weighted by Gasteiger charge is 2.70. The molecule has 1 aliphatic heterocycles. The number of nitriles is 1. The van der Waals surface area contributed by atoms with Crippen molar-refractivity contribution >= 4 is 17.5 Å². The number of hydrogen-bond acceptors (Lipinski definition) is 3. The van der Waals surface area contributed by atoms with Crippen LogP contribution in [0.25, 0.3) is 0 Å². The molecule has 4 rings (SSSR count). The van der Waals surface area contributed by atoms with E-state index in [-0.39, 0.29) is 22.6 Å². The van der Waals surface area contributed by atoms with Gasteiger partial charge >= 0.3 is 0 Å². The Morgan fingerprint density at radius 2 is 2.07 bits per heavy atom. The first-order valence-electron chi connectivity index (χ1n) is 10.1. The molecular weight excluding hydrogens is 403 g/mol. The molecule has 156 valence electrons. The molecule has 1 saturated carbocycles. The van der Waals surface area contributed by atoms with Gasteiger partial charge in [-0.05, 0) is 62.4 Å². The number of amides is 1. The van der Waals surface area contributed by atoms with Crippen LogP contribution < -0.4 is 0 Å². The molecule has 2 aromatic rings. The number of carbonyl (C=O) groups excluding carboxylic acids is 1. The van der Waals surface area contributed by atoms with Crippen LogP contribution >= 0.6 is 11.6 Å². The van der Waals surface area contributed by atoms with E-state index in [4.69, 9.17) is 11.6 Å². The van der Waals surface area contributed by atoms with Crippen molar-refractivity contribution in [2.75, 3.05) is 13.1 Å². The first-order chi connectivity index (χ1) is 14.1. The number of halogens is 2. The lowest BCUT2D eigenvalue weighted by Crippen LogP contribution is -2.44. The Morgan fingerprint density at radius 3 is 2.70 bits per heavy atom. The summed E-state index contributed by atoms with van der Waals surface area (Å²) in [6.45, 7) is 4.08. The highest BCUT2D eigenvalue weighted by Crippen LogP contribution is 2.70. The fourth-order valence-corrected chi connectivity index (χ4v) is 5.35. The molecule has 1 heterocycles. The monoisotopic (exact) mass is 426 g/mol. The van der Waals surface area contributed by atoms with Gasteiger partial charge in [-0.3, -0.25) is 4.79 Å². The Morgan fingerprint density at radius 1 is 1.33 bits per heavy atom. The topological polar surface area (TPSA) is 64.3 Å². The Hall–Kier alpha value is -2.42. The van der Waals surface area contributed by atoms with Crippen LogP contribution in [-0.4, -0.2) is 34.6 Å². The van der Waals surface area contributed by atoms with Crippen molar-refractivity contribution in [3.63, 3.8) is 0 Å². The second kappa shape index (κ2) is 7.08. The lowest BCUT2D eigenvalue weighted by atomic mass is 9.80. The lowest BCUT2D eigenvalue weighted by Gasteiger charge is -2.27. The average molecular weight is 427 g/mol. The van der Waals surface area contributed by atoms with Crippen molar-refractivity contribution in [3.8, 4) is 6.07 Å². The van der Waals surface area contributed by atoms with Gasteiger partial charge in [-0.15, -0.1) is 0 Å². The molecule has 30 heavy (non-hydrogen) atoms. The minimum absolute atomic E-state index is 0.201. The number of benzene rings is 2. The van der Waals surface area contributed by atoms with Crippen LogP contribution in [0.15, 0.2) is 42.5 Å². The fourth-order valence-electron chi connectivity index (χ4n) is 5.13. The molecule has 2 unspecified atom stereocenters. The third-order valence-electron chi connectivity index (χ3n) is 6.79. The van der Waals surface area contributed by atoms with Gasteiger partial charge in [0.25, 0.3) is 5.91 Å². The quantitative estimate of drug-likeness (QED) is 0.795. The van der Waals surface area contributed by atoms with Gasteiger partial charge in [-0.1, -0.05) is 35.9 Å². The number of nitrogens with zero attached hydrogens (tertiary/aromatic N) is 2. The van der Waals surface area contributed by atoms with Crippen molar-refractivity contribution in [1.29, 1.82) is 5.26 Å². The van der Waals surface area contributed by atoms with E-state index in [0.29, 0.717) is 35.7 Å². The maximum atomic E-state index is 14.5. The van der Waals surface area contributed by atoms with Crippen molar-refractivity contribution in [2.45, 2.75) is 44.1 Å². The number of rotatable bonds is 4. The molecule has 0 radical (unpaired) electrons. The summed E-state index contributed by atoms with van der Waals surface area (Å²) in [5.74, 6) is -0.537. The van der Waals surface area contributed by atoms with Gasteiger partial charge in [0.15, 0.2) is 0 Å². The largest absolute Gasteiger partial charge is 0.381 e. The van der Waals surface area contributed by atoms with Crippen LogP contribution in [0.3, 0.4) is 0 Å². The predicted molar refractivity (Wildman–Crippen MR) is 112 cm³/mol. The van der Waals surface area contributed by atoms with Crippen molar-refractivity contribution in [1.82, 2.24) is 4.90 Å². The Kier molecular flexibility index (Phi) is 4.91. The predicted octanol–water partition coefficient (Wildman–Crippen LogP) is 4.22. The minimum Gasteiger partial charge on any atom is -0.381 e. The Balaban J connectivity index is 1.73. The summed E-state index contributed by atoms with van der Waals surface area (Å²) in [4.78, 5) is 14.4. The standard InChI is InChI=1S/C24H24ClFN2O2/c1-22(2,30)21(29)28-10-9-23(15-28)14-24(23,12-16-5-3-4-6-20(16)26)18-8-7-17(13-27)19(25)11-18/h3-8,11,30H,9-10,12,14-15H2,1-2H3. The third-order valence-corrected chi connectivity index (χ3v) is 7.10. The van der Waals surface area contributed by atoms with E-state index in [9.17, 15) is 19.6 Å². The third kappa shape index (κ3) is 3.29. The van der Waals surface area contributed by atoms with E-state index in [1.807, 2.05) is 18.2 Å². The summed E-state index contributed by atoms with van der Waals surface area (Å²) in [5.41, 5.74) is -0.00236. The molecule has 2 atom stereocenters. The van der Waals surface area contributed by atoms with E-state index in [1.165, 1.54) is 19.9 Å². The Bertz CT molecular complexity index is 1060. The molecule has 6 heteroatoms. The van der Waals surface area contributed by atoms with Gasteiger partial charge in [0.1, 0.15) is 17.5 Å². The van der Waals surface area contributed by atoms with Gasteiger partial charge in [0.2, 0.25) is 0 Å². The van der Waals surface area contributed by atoms with Crippen molar-refractivity contribution in [2.24, 2.45) is 5.41 Å². The van der Waals surface area contributed by atoms with Crippen LogP contribution in [0.2, 0.25) is 5.02 Å². The molecular formula is C24H24ClFN2O2. The summed E-state index contributed by atoms with van der Waals surface area (Å²) in [6, 6.07) is 14.3. The highest BCUT2D eigenvalue weighted by atomic mass is 35.5. The fraction of sp³-hybridized carbons (Fsp3) is 0.417. The van der Waals surface area contributed by atoms with Gasteiger partial charge in [0.05, 0.1) is 10.6 Å². The van der Waals surface area contributed by atoms with Crippen LogP contribution in [0.5, 0.6) is 0 Å². The van der Waals surface area contributed by atoms with Gasteiger partial charge in [-0.2, -0.15) is 5.26 Å². The smallest absolute Gasteiger partial charge is 0.253 e. The zero-order valence-corrected chi connectivity index (χ0v) is 17.8. The molecule has 1 N–H and O–H groups in total. The van der Waals surface area contributed by atoms with Crippen LogP contribution in [0.1, 0.15) is 43.4 Å². The van der Waals surface area contributed by atoms with Crippen LogP contribution in [-0.2, 0) is 16.6 Å². The van der Waals surface area contributed by atoms with Gasteiger partial charge in [0, 0.05) is 23.9 Å². The lowest BCUT2D eigenvalue weighted by molar-refractivity contribution is -0.146. The maximum absolute atomic E-state index is 14.5.